The lowest BCUT2D eigenvalue weighted by molar-refractivity contribution is -0.0500. The summed E-state index contributed by atoms with van der Waals surface area (Å²) in [6, 6.07) is 3.02. The summed E-state index contributed by atoms with van der Waals surface area (Å²) in [5.74, 6) is -2.39. The van der Waals surface area contributed by atoms with E-state index in [1.54, 1.807) is 20.8 Å². The average molecular weight is 412 g/mol. The molecule has 0 atom stereocenters. The Hall–Kier alpha value is -2.50. The van der Waals surface area contributed by atoms with Gasteiger partial charge in [-0.25, -0.2) is 9.18 Å². The van der Waals surface area contributed by atoms with Gasteiger partial charge in [-0.3, -0.25) is 0 Å². The maximum absolute atomic E-state index is 13.9. The maximum Gasteiger partial charge on any atom is 0.534 e. The molecule has 0 aliphatic rings. The SMILES string of the molecule is CC(C)(C)OC(=O)NCc1cc2cc(F)c(OS(=O)(=O)C(F)(F)F)cc2[nH]1. The zero-order valence-electron chi connectivity index (χ0n) is 14.4. The molecule has 12 heteroatoms. The van der Waals surface area contributed by atoms with Crippen molar-refractivity contribution in [2.75, 3.05) is 0 Å². The summed E-state index contributed by atoms with van der Waals surface area (Å²) in [5, 5.41) is 2.68. The first-order valence-electron chi connectivity index (χ1n) is 7.47. The molecule has 2 aromatic rings. The summed E-state index contributed by atoms with van der Waals surface area (Å²) in [6.07, 6.45) is -0.701. The number of carbonyl (C=O) groups excluding carboxylic acids is 1. The van der Waals surface area contributed by atoms with Gasteiger partial charge in [0.2, 0.25) is 0 Å². The highest BCUT2D eigenvalue weighted by atomic mass is 32.2. The first-order chi connectivity index (χ1) is 12.2. The Morgan fingerprint density at radius 2 is 1.81 bits per heavy atom. The van der Waals surface area contributed by atoms with Gasteiger partial charge in [0.05, 0.1) is 6.54 Å². The van der Waals surface area contributed by atoms with E-state index in [4.69, 9.17) is 4.74 Å². The van der Waals surface area contributed by atoms with E-state index in [-0.39, 0.29) is 17.4 Å². The van der Waals surface area contributed by atoms with Gasteiger partial charge in [0.25, 0.3) is 0 Å². The Balaban J connectivity index is 2.20. The molecule has 7 nitrogen and oxygen atoms in total. The second-order valence-electron chi connectivity index (χ2n) is 6.50. The van der Waals surface area contributed by atoms with Crippen molar-refractivity contribution in [2.45, 2.75) is 38.4 Å². The van der Waals surface area contributed by atoms with Gasteiger partial charge in [-0.2, -0.15) is 21.6 Å². The van der Waals surface area contributed by atoms with Crippen LogP contribution in [0.4, 0.5) is 22.4 Å². The molecule has 0 aliphatic heterocycles. The zero-order valence-corrected chi connectivity index (χ0v) is 15.2. The second kappa shape index (κ2) is 6.91. The van der Waals surface area contributed by atoms with E-state index in [9.17, 15) is 30.8 Å². The van der Waals surface area contributed by atoms with E-state index in [1.807, 2.05) is 0 Å². The quantitative estimate of drug-likeness (QED) is 0.455. The Bertz CT molecular complexity index is 961. The number of halogens is 4. The van der Waals surface area contributed by atoms with Gasteiger partial charge in [0.15, 0.2) is 11.6 Å². The van der Waals surface area contributed by atoms with Crippen LogP contribution in [0.5, 0.6) is 5.75 Å². The molecule has 1 heterocycles. The number of rotatable bonds is 4. The van der Waals surface area contributed by atoms with E-state index < -0.39 is 38.9 Å². The number of nitrogens with one attached hydrogen (secondary N) is 2. The van der Waals surface area contributed by atoms with Crippen LogP contribution >= 0.6 is 0 Å². The molecule has 1 aromatic heterocycles. The smallest absolute Gasteiger partial charge is 0.444 e. The number of aromatic nitrogens is 1. The zero-order chi connectivity index (χ0) is 20.6. The van der Waals surface area contributed by atoms with Gasteiger partial charge in [0.1, 0.15) is 5.60 Å². The number of ether oxygens (including phenoxy) is 1. The van der Waals surface area contributed by atoms with Crippen molar-refractivity contribution in [3.8, 4) is 5.75 Å². The Morgan fingerprint density at radius 3 is 2.37 bits per heavy atom. The summed E-state index contributed by atoms with van der Waals surface area (Å²) in [5.41, 5.74) is -5.90. The molecule has 150 valence electrons. The summed E-state index contributed by atoms with van der Waals surface area (Å²) in [7, 11) is -6.00. The molecule has 1 amide bonds. The maximum atomic E-state index is 13.9. The molecule has 2 N–H and O–H groups in total. The molecule has 0 aliphatic carbocycles. The Kier molecular flexibility index (Phi) is 5.32. The number of fused-ring (bicyclic) bond motifs is 1. The lowest BCUT2D eigenvalue weighted by atomic mass is 10.2. The van der Waals surface area contributed by atoms with Gasteiger partial charge >= 0.3 is 21.7 Å². The molecule has 0 unspecified atom stereocenters. The van der Waals surface area contributed by atoms with Crippen LogP contribution in [0.1, 0.15) is 26.5 Å². The number of alkyl carbamates (subject to hydrolysis) is 1. The van der Waals surface area contributed by atoms with Crippen LogP contribution in [0.15, 0.2) is 18.2 Å². The van der Waals surface area contributed by atoms with Crippen LogP contribution in [0.2, 0.25) is 0 Å². The fourth-order valence-corrected chi connectivity index (χ4v) is 2.46. The number of H-pyrrole nitrogens is 1. The van der Waals surface area contributed by atoms with Gasteiger partial charge in [-0.1, -0.05) is 0 Å². The number of alkyl halides is 3. The third kappa shape index (κ3) is 5.25. The third-order valence-electron chi connectivity index (χ3n) is 3.03. The standard InChI is InChI=1S/C15H16F4N2O5S/c1-14(2,3)25-13(22)20-7-9-4-8-5-10(16)12(6-11(8)21-9)26-27(23,24)15(17,18)19/h4-6,21H,7H2,1-3H3,(H,20,22). The second-order valence-corrected chi connectivity index (χ2v) is 8.04. The highest BCUT2D eigenvalue weighted by molar-refractivity contribution is 7.88. The third-order valence-corrected chi connectivity index (χ3v) is 4.00. The predicted octanol–water partition coefficient (Wildman–Crippen LogP) is 3.56. The van der Waals surface area contributed by atoms with Crippen LogP contribution in [0.25, 0.3) is 10.9 Å². The van der Waals surface area contributed by atoms with Gasteiger partial charge < -0.3 is 19.2 Å². The monoisotopic (exact) mass is 412 g/mol. The predicted molar refractivity (Wildman–Crippen MR) is 86.9 cm³/mol. The van der Waals surface area contributed by atoms with Crippen LogP contribution < -0.4 is 9.50 Å². The van der Waals surface area contributed by atoms with Gasteiger partial charge in [0, 0.05) is 22.7 Å². The first kappa shape index (κ1) is 20.8. The van der Waals surface area contributed by atoms with Crippen molar-refractivity contribution < 1.29 is 39.7 Å². The molecule has 0 fully saturated rings. The van der Waals surface area contributed by atoms with Crippen molar-refractivity contribution in [1.82, 2.24) is 10.3 Å². The topological polar surface area (TPSA) is 97.5 Å². The minimum atomic E-state index is -6.00. The number of hydrogen-bond donors (Lipinski definition) is 2. The van der Waals surface area contributed by atoms with Crippen molar-refractivity contribution in [3.05, 3.63) is 29.7 Å². The van der Waals surface area contributed by atoms with Crippen LogP contribution in [0, 0.1) is 5.82 Å². The van der Waals surface area contributed by atoms with E-state index in [2.05, 4.69) is 14.5 Å². The summed E-state index contributed by atoms with van der Waals surface area (Å²) >= 11 is 0. The molecule has 27 heavy (non-hydrogen) atoms. The molecule has 0 radical (unpaired) electrons. The van der Waals surface area contributed by atoms with Crippen molar-refractivity contribution in [1.29, 1.82) is 0 Å². The lowest BCUT2D eigenvalue weighted by Gasteiger charge is -2.19. The molecular weight excluding hydrogens is 396 g/mol. The lowest BCUT2D eigenvalue weighted by Crippen LogP contribution is -2.32. The highest BCUT2D eigenvalue weighted by Crippen LogP contribution is 2.31. The number of benzene rings is 1. The number of amides is 1. The minimum Gasteiger partial charge on any atom is -0.444 e. The van der Waals surface area contributed by atoms with Crippen molar-refractivity contribution >= 4 is 27.1 Å². The number of hydrogen-bond acceptors (Lipinski definition) is 5. The summed E-state index contributed by atoms with van der Waals surface area (Å²) in [4.78, 5) is 14.3. The molecule has 0 saturated heterocycles. The Morgan fingerprint density at radius 1 is 1.19 bits per heavy atom. The van der Waals surface area contributed by atoms with Crippen LogP contribution in [0.3, 0.4) is 0 Å². The molecule has 2 rings (SSSR count). The summed E-state index contributed by atoms with van der Waals surface area (Å²) in [6.45, 7) is 4.99. The normalized spacial score (nSPS) is 12.9. The molecule has 0 bridgehead atoms. The fourth-order valence-electron chi connectivity index (χ4n) is 2.00. The molecular formula is C15H16F4N2O5S. The average Bonchev–Trinajstić information content (AvgIpc) is 2.84. The Labute approximate surface area is 151 Å². The number of carbonyl (C=O) groups is 1. The largest absolute Gasteiger partial charge is 0.534 e. The van der Waals surface area contributed by atoms with Crippen molar-refractivity contribution in [3.63, 3.8) is 0 Å². The van der Waals surface area contributed by atoms with E-state index >= 15 is 0 Å². The fraction of sp³-hybridized carbons (Fsp3) is 0.400. The van der Waals surface area contributed by atoms with Crippen LogP contribution in [-0.4, -0.2) is 30.6 Å². The van der Waals surface area contributed by atoms with E-state index in [1.165, 1.54) is 6.07 Å². The first-order valence-corrected chi connectivity index (χ1v) is 8.87. The van der Waals surface area contributed by atoms with Crippen LogP contribution in [-0.2, 0) is 21.4 Å². The van der Waals surface area contributed by atoms with Gasteiger partial charge in [-0.15, -0.1) is 0 Å². The highest BCUT2D eigenvalue weighted by Gasteiger charge is 2.49. The molecule has 0 saturated carbocycles. The summed E-state index contributed by atoms with van der Waals surface area (Å²) < 4.78 is 81.9. The molecule has 1 aromatic carbocycles. The van der Waals surface area contributed by atoms with E-state index in [0.29, 0.717) is 5.69 Å². The minimum absolute atomic E-state index is 0.0394. The molecule has 0 spiro atoms. The van der Waals surface area contributed by atoms with Gasteiger partial charge in [-0.05, 0) is 32.9 Å². The number of aromatic amines is 1. The van der Waals surface area contributed by atoms with Crippen molar-refractivity contribution in [2.24, 2.45) is 0 Å². The van der Waals surface area contributed by atoms with E-state index in [0.717, 1.165) is 12.1 Å².